The lowest BCUT2D eigenvalue weighted by molar-refractivity contribution is -0.583. The zero-order valence-electron chi connectivity index (χ0n) is 22.7. The zero-order chi connectivity index (χ0) is 29.4. The van der Waals surface area contributed by atoms with Gasteiger partial charge in [0.25, 0.3) is 11.5 Å². The molecule has 0 atom stereocenters. The van der Waals surface area contributed by atoms with Crippen LogP contribution in [0.5, 0.6) is 0 Å². The largest absolute Gasteiger partial charge is 0.347 e. The van der Waals surface area contributed by atoms with Gasteiger partial charge in [-0.3, -0.25) is 29.2 Å². The van der Waals surface area contributed by atoms with Crippen LogP contribution in [-0.4, -0.2) is 48.4 Å². The van der Waals surface area contributed by atoms with Crippen LogP contribution in [0.2, 0.25) is 0 Å². The highest BCUT2D eigenvalue weighted by atomic mass is 16.6. The number of nitro groups is 1. The molecule has 1 saturated carbocycles. The average molecular weight is 566 g/mol. The molecule has 2 aromatic heterocycles. The second-order valence-electron chi connectivity index (χ2n) is 10.5. The van der Waals surface area contributed by atoms with Crippen LogP contribution in [-0.2, 0) is 18.4 Å². The number of amides is 2. The highest BCUT2D eigenvalue weighted by Gasteiger charge is 2.49. The third-order valence-electron chi connectivity index (χ3n) is 7.83. The summed E-state index contributed by atoms with van der Waals surface area (Å²) in [5, 5.41) is 27.7. The maximum absolute atomic E-state index is 13.3. The lowest BCUT2D eigenvalue weighted by Crippen LogP contribution is -2.54. The third kappa shape index (κ3) is 4.76. The molecule has 212 valence electrons. The number of carbonyl (C=O) groups excluding carboxylic acids is 2. The smallest absolute Gasteiger partial charge is 0.276 e. The van der Waals surface area contributed by atoms with Gasteiger partial charge in [0.15, 0.2) is 5.69 Å². The Bertz CT molecular complexity index is 1920. The average Bonchev–Trinajstić information content (AvgIpc) is 3.33. The van der Waals surface area contributed by atoms with Crippen molar-refractivity contribution in [2.45, 2.75) is 31.3 Å². The summed E-state index contributed by atoms with van der Waals surface area (Å²) in [4.78, 5) is 49.6. The molecule has 0 spiro atoms. The number of hydrogen-bond donors (Lipinski definition) is 2. The Morgan fingerprint density at radius 1 is 0.952 bits per heavy atom. The Hall–Kier alpha value is -5.39. The van der Waals surface area contributed by atoms with Gasteiger partial charge < -0.3 is 10.6 Å². The van der Waals surface area contributed by atoms with E-state index >= 15 is 0 Å². The number of para-hydroxylation sites is 1. The van der Waals surface area contributed by atoms with Crippen molar-refractivity contribution in [2.24, 2.45) is 7.05 Å². The normalized spacial score (nSPS) is 13.9. The summed E-state index contributed by atoms with van der Waals surface area (Å²) in [7, 11) is 1.61. The van der Waals surface area contributed by atoms with Gasteiger partial charge in [-0.15, -0.1) is 0 Å². The second kappa shape index (κ2) is 10.5. The van der Waals surface area contributed by atoms with E-state index in [0.717, 1.165) is 17.4 Å². The highest BCUT2D eigenvalue weighted by molar-refractivity contribution is 6.11. The fraction of sp³-hybridized carbons (Fsp3) is 0.233. The van der Waals surface area contributed by atoms with E-state index in [2.05, 4.69) is 20.8 Å². The maximum Gasteiger partial charge on any atom is 0.276 e. The maximum atomic E-state index is 13.3. The Morgan fingerprint density at radius 2 is 1.62 bits per heavy atom. The van der Waals surface area contributed by atoms with Crippen molar-refractivity contribution in [1.82, 2.24) is 24.9 Å². The lowest BCUT2D eigenvalue weighted by atomic mass is 9.77. The number of carbonyl (C=O) groups is 2. The van der Waals surface area contributed by atoms with Gasteiger partial charge in [-0.2, -0.15) is 10.2 Å². The minimum absolute atomic E-state index is 0.0357. The first kappa shape index (κ1) is 26.8. The summed E-state index contributed by atoms with van der Waals surface area (Å²) in [6.07, 6.45) is 1.64. The fourth-order valence-corrected chi connectivity index (χ4v) is 5.29. The van der Waals surface area contributed by atoms with Crippen LogP contribution in [0.3, 0.4) is 0 Å². The number of aryl methyl sites for hydroxylation is 1. The first-order valence-corrected chi connectivity index (χ1v) is 13.5. The van der Waals surface area contributed by atoms with E-state index < -0.39 is 17.4 Å². The number of benzene rings is 3. The number of anilines is 1. The number of rotatable bonds is 8. The van der Waals surface area contributed by atoms with Gasteiger partial charge in [0.1, 0.15) is 6.54 Å². The van der Waals surface area contributed by atoms with Crippen molar-refractivity contribution in [3.05, 3.63) is 99.0 Å². The number of nitrogens with zero attached hydrogens (tertiary/aromatic N) is 5. The first-order valence-electron chi connectivity index (χ1n) is 13.5. The number of fused-ring (bicyclic) bond motifs is 2. The molecule has 6 rings (SSSR count). The van der Waals surface area contributed by atoms with E-state index in [0.29, 0.717) is 40.5 Å². The topological polar surface area (TPSA) is 154 Å². The van der Waals surface area contributed by atoms with E-state index in [4.69, 9.17) is 0 Å². The molecule has 5 aromatic rings. The summed E-state index contributed by atoms with van der Waals surface area (Å²) in [5.74, 6) is -0.871. The molecule has 12 heteroatoms. The molecule has 0 aliphatic heterocycles. The van der Waals surface area contributed by atoms with E-state index in [-0.39, 0.29) is 29.3 Å². The van der Waals surface area contributed by atoms with E-state index in [1.165, 1.54) is 9.36 Å². The van der Waals surface area contributed by atoms with Crippen LogP contribution in [0.15, 0.2) is 77.6 Å². The van der Waals surface area contributed by atoms with E-state index in [9.17, 15) is 24.5 Å². The molecular formula is C30H27N7O5. The Kier molecular flexibility index (Phi) is 6.73. The summed E-state index contributed by atoms with van der Waals surface area (Å²) in [6, 6.07) is 21.5. The Balaban J connectivity index is 1.20. The van der Waals surface area contributed by atoms with Crippen molar-refractivity contribution < 1.29 is 14.5 Å². The molecule has 2 N–H and O–H groups in total. The van der Waals surface area contributed by atoms with E-state index in [1.807, 2.05) is 30.3 Å². The fourth-order valence-electron chi connectivity index (χ4n) is 5.29. The van der Waals surface area contributed by atoms with Gasteiger partial charge >= 0.3 is 0 Å². The molecule has 1 aliphatic rings. The van der Waals surface area contributed by atoms with Gasteiger partial charge in [0.2, 0.25) is 11.4 Å². The molecule has 1 fully saturated rings. The van der Waals surface area contributed by atoms with Gasteiger partial charge in [-0.1, -0.05) is 48.5 Å². The third-order valence-corrected chi connectivity index (χ3v) is 7.83. The van der Waals surface area contributed by atoms with Crippen LogP contribution in [0.25, 0.3) is 32.9 Å². The van der Waals surface area contributed by atoms with Crippen LogP contribution >= 0.6 is 0 Å². The molecule has 42 heavy (non-hydrogen) atoms. The SMILES string of the molecule is Cn1nc(-c2ccc(NC(=O)c3nn(CC(=O)NCC4([N+](=O)[O-])CCC4)c4ccccc34)cc2)c2ccccc2c1=O. The quantitative estimate of drug-likeness (QED) is 0.216. The molecule has 3 aromatic carbocycles. The monoisotopic (exact) mass is 565 g/mol. The number of hydrogen-bond acceptors (Lipinski definition) is 7. The minimum Gasteiger partial charge on any atom is -0.347 e. The van der Waals surface area contributed by atoms with Crippen molar-refractivity contribution in [2.75, 3.05) is 11.9 Å². The van der Waals surface area contributed by atoms with Crippen LogP contribution in [0.4, 0.5) is 5.69 Å². The van der Waals surface area contributed by atoms with Crippen LogP contribution in [0.1, 0.15) is 29.8 Å². The van der Waals surface area contributed by atoms with Gasteiger partial charge in [-0.05, 0) is 30.7 Å². The molecule has 2 heterocycles. The van der Waals surface area contributed by atoms with E-state index in [1.54, 1.807) is 49.5 Å². The Morgan fingerprint density at radius 3 is 2.29 bits per heavy atom. The van der Waals surface area contributed by atoms with Crippen molar-refractivity contribution >= 4 is 39.2 Å². The lowest BCUT2D eigenvalue weighted by Gasteiger charge is -2.32. The molecule has 0 bridgehead atoms. The van der Waals surface area contributed by atoms with Crippen molar-refractivity contribution in [3.63, 3.8) is 0 Å². The molecular weight excluding hydrogens is 538 g/mol. The second-order valence-corrected chi connectivity index (χ2v) is 10.5. The first-order chi connectivity index (χ1) is 20.3. The zero-order valence-corrected chi connectivity index (χ0v) is 22.7. The van der Waals surface area contributed by atoms with Gasteiger partial charge in [-0.25, -0.2) is 4.68 Å². The van der Waals surface area contributed by atoms with Crippen LogP contribution < -0.4 is 16.2 Å². The van der Waals surface area contributed by atoms with Gasteiger partial charge in [0, 0.05) is 46.8 Å². The molecule has 12 nitrogen and oxygen atoms in total. The molecule has 0 unspecified atom stereocenters. The highest BCUT2D eigenvalue weighted by Crippen LogP contribution is 2.34. The predicted octanol–water partition coefficient (Wildman–Crippen LogP) is 3.52. The standard InChI is InChI=1S/C30H27N7O5/c1-35-29(40)22-8-3-2-7-21(22)26(33-35)19-11-13-20(14-12-19)32-28(39)27-23-9-4-5-10-24(23)36(34-27)17-25(38)31-18-30(37(41)42)15-6-16-30/h2-5,7-14H,6,15-18H2,1H3,(H,31,38)(H,32,39). The molecule has 1 aliphatic carbocycles. The number of aromatic nitrogens is 4. The predicted molar refractivity (Wildman–Crippen MR) is 157 cm³/mol. The minimum atomic E-state index is -1.09. The number of nitrogens with one attached hydrogen (secondary N) is 2. The summed E-state index contributed by atoms with van der Waals surface area (Å²) >= 11 is 0. The van der Waals surface area contributed by atoms with Crippen molar-refractivity contribution in [1.29, 1.82) is 0 Å². The molecule has 0 saturated heterocycles. The summed E-state index contributed by atoms with van der Waals surface area (Å²) in [6.45, 7) is -0.219. The summed E-state index contributed by atoms with van der Waals surface area (Å²) in [5.41, 5.74) is 1.42. The van der Waals surface area contributed by atoms with Crippen molar-refractivity contribution in [3.8, 4) is 11.3 Å². The summed E-state index contributed by atoms with van der Waals surface area (Å²) < 4.78 is 2.74. The van der Waals surface area contributed by atoms with Crippen LogP contribution in [0, 0.1) is 10.1 Å². The molecule has 0 radical (unpaired) electrons. The Labute approximate surface area is 239 Å². The van der Waals surface area contributed by atoms with Gasteiger partial charge in [0.05, 0.1) is 23.1 Å². The molecule has 2 amide bonds.